The van der Waals surface area contributed by atoms with Crippen molar-refractivity contribution in [2.24, 2.45) is 0 Å². The molecule has 2 aliphatic rings. The van der Waals surface area contributed by atoms with E-state index in [0.29, 0.717) is 44.0 Å². The molecule has 0 aliphatic carbocycles. The SMILES string of the molecule is CCOc1ccc([C@H]2C(=C(O)c3cccc(S(=O)(=O)N4CCCCC4)c3)C(=O)C(=O)N2CCCN(C)C)cc1. The van der Waals surface area contributed by atoms with E-state index in [1.807, 2.05) is 25.9 Å². The monoisotopic (exact) mass is 555 g/mol. The second-order valence-electron chi connectivity index (χ2n) is 10.1. The van der Waals surface area contributed by atoms with Gasteiger partial charge >= 0.3 is 0 Å². The predicted octanol–water partition coefficient (Wildman–Crippen LogP) is 3.63. The van der Waals surface area contributed by atoms with Crippen molar-refractivity contribution in [3.05, 3.63) is 65.2 Å². The highest BCUT2D eigenvalue weighted by molar-refractivity contribution is 7.89. The van der Waals surface area contributed by atoms with Crippen LogP contribution in [-0.4, -0.2) is 86.2 Å². The number of carbonyl (C=O) groups is 2. The molecule has 1 N–H and O–H groups in total. The smallest absolute Gasteiger partial charge is 0.295 e. The van der Waals surface area contributed by atoms with Crippen molar-refractivity contribution in [3.63, 3.8) is 0 Å². The molecule has 0 bridgehead atoms. The Morgan fingerprint density at radius 3 is 2.38 bits per heavy atom. The minimum atomic E-state index is -3.75. The molecule has 10 heteroatoms. The number of carbonyl (C=O) groups excluding carboxylic acids is 2. The molecule has 2 aromatic rings. The van der Waals surface area contributed by atoms with Crippen molar-refractivity contribution in [1.82, 2.24) is 14.1 Å². The molecule has 0 aromatic heterocycles. The molecular formula is C29H37N3O6S. The van der Waals surface area contributed by atoms with Crippen molar-refractivity contribution in [2.45, 2.75) is 43.5 Å². The van der Waals surface area contributed by atoms with E-state index in [0.717, 1.165) is 25.8 Å². The summed E-state index contributed by atoms with van der Waals surface area (Å²) < 4.78 is 33.6. The van der Waals surface area contributed by atoms with Crippen LogP contribution in [0.15, 0.2) is 59.0 Å². The van der Waals surface area contributed by atoms with Gasteiger partial charge in [-0.15, -0.1) is 0 Å². The summed E-state index contributed by atoms with van der Waals surface area (Å²) in [6, 6.07) is 12.3. The maximum absolute atomic E-state index is 13.3. The van der Waals surface area contributed by atoms with Gasteiger partial charge in [0.2, 0.25) is 10.0 Å². The number of hydrogen-bond donors (Lipinski definition) is 1. The third-order valence-corrected chi connectivity index (χ3v) is 9.01. The summed E-state index contributed by atoms with van der Waals surface area (Å²) in [5.74, 6) is -1.22. The molecule has 0 unspecified atom stereocenters. The van der Waals surface area contributed by atoms with Gasteiger partial charge in [-0.1, -0.05) is 30.7 Å². The summed E-state index contributed by atoms with van der Waals surface area (Å²) in [6.07, 6.45) is 3.24. The standard InChI is InChI=1S/C29H37N3O6S/c1-4-38-23-14-12-21(13-15-23)26-25(28(34)29(35)32(26)19-9-16-30(2)3)27(33)22-10-8-11-24(20-22)39(36,37)31-17-6-5-7-18-31/h8,10-15,20,26,33H,4-7,9,16-19H2,1-3H3/t26-/m0/s1. The van der Waals surface area contributed by atoms with Gasteiger partial charge in [-0.2, -0.15) is 4.31 Å². The first-order valence-electron chi connectivity index (χ1n) is 13.4. The van der Waals surface area contributed by atoms with Gasteiger partial charge in [0.1, 0.15) is 11.5 Å². The Kier molecular flexibility index (Phi) is 9.09. The van der Waals surface area contributed by atoms with Crippen LogP contribution in [-0.2, 0) is 19.6 Å². The number of benzene rings is 2. The number of likely N-dealkylation sites (tertiary alicyclic amines) is 1. The number of ketones is 1. The van der Waals surface area contributed by atoms with Gasteiger partial charge in [-0.3, -0.25) is 9.59 Å². The molecule has 0 radical (unpaired) electrons. The van der Waals surface area contributed by atoms with E-state index in [9.17, 15) is 23.1 Å². The molecule has 2 fully saturated rings. The average Bonchev–Trinajstić information content (AvgIpc) is 3.18. The molecule has 9 nitrogen and oxygen atoms in total. The van der Waals surface area contributed by atoms with Gasteiger partial charge in [0.05, 0.1) is 23.1 Å². The summed E-state index contributed by atoms with van der Waals surface area (Å²) in [5, 5.41) is 11.4. The molecule has 1 atom stereocenters. The largest absolute Gasteiger partial charge is 0.507 e. The molecule has 2 aliphatic heterocycles. The molecule has 39 heavy (non-hydrogen) atoms. The highest BCUT2D eigenvalue weighted by Gasteiger charge is 2.46. The Morgan fingerprint density at radius 2 is 1.74 bits per heavy atom. The second-order valence-corrected chi connectivity index (χ2v) is 12.1. The van der Waals surface area contributed by atoms with Gasteiger partial charge in [-0.05, 0) is 76.7 Å². The Morgan fingerprint density at radius 1 is 1.05 bits per heavy atom. The lowest BCUT2D eigenvalue weighted by atomic mass is 9.95. The quantitative estimate of drug-likeness (QED) is 0.271. The van der Waals surface area contributed by atoms with E-state index in [-0.39, 0.29) is 16.0 Å². The van der Waals surface area contributed by atoms with Crippen molar-refractivity contribution in [3.8, 4) is 5.75 Å². The first kappa shape index (κ1) is 28.8. The van der Waals surface area contributed by atoms with Gasteiger partial charge in [0.25, 0.3) is 11.7 Å². The van der Waals surface area contributed by atoms with Crippen molar-refractivity contribution in [1.29, 1.82) is 0 Å². The van der Waals surface area contributed by atoms with Gasteiger partial charge in [0.15, 0.2) is 0 Å². The fraction of sp³-hybridized carbons (Fsp3) is 0.448. The van der Waals surface area contributed by atoms with Crippen LogP contribution in [0.2, 0.25) is 0 Å². The van der Waals surface area contributed by atoms with Gasteiger partial charge < -0.3 is 19.6 Å². The van der Waals surface area contributed by atoms with E-state index in [2.05, 4.69) is 0 Å². The number of rotatable bonds is 10. The zero-order valence-corrected chi connectivity index (χ0v) is 23.6. The molecule has 0 spiro atoms. The molecule has 2 aromatic carbocycles. The Bertz CT molecular complexity index is 1330. The first-order chi connectivity index (χ1) is 18.6. The van der Waals surface area contributed by atoms with Crippen molar-refractivity contribution in [2.75, 3.05) is 46.9 Å². The molecule has 4 rings (SSSR count). The van der Waals surface area contributed by atoms with Crippen LogP contribution >= 0.6 is 0 Å². The van der Waals surface area contributed by atoms with E-state index in [1.54, 1.807) is 36.4 Å². The Balaban J connectivity index is 1.76. The van der Waals surface area contributed by atoms with E-state index >= 15 is 0 Å². The highest BCUT2D eigenvalue weighted by atomic mass is 32.2. The van der Waals surface area contributed by atoms with Gasteiger partial charge in [0, 0.05) is 25.2 Å². The second kappa shape index (κ2) is 12.3. The number of nitrogens with zero attached hydrogens (tertiary/aromatic N) is 3. The predicted molar refractivity (Wildman–Crippen MR) is 149 cm³/mol. The van der Waals surface area contributed by atoms with Crippen LogP contribution in [0.1, 0.15) is 49.8 Å². The number of sulfonamides is 1. The minimum absolute atomic E-state index is 0.0475. The van der Waals surface area contributed by atoms with Crippen LogP contribution in [0.5, 0.6) is 5.75 Å². The van der Waals surface area contributed by atoms with Crippen LogP contribution in [0.3, 0.4) is 0 Å². The van der Waals surface area contributed by atoms with E-state index in [1.165, 1.54) is 21.3 Å². The first-order valence-corrected chi connectivity index (χ1v) is 14.9. The van der Waals surface area contributed by atoms with E-state index in [4.69, 9.17) is 4.74 Å². The average molecular weight is 556 g/mol. The summed E-state index contributed by atoms with van der Waals surface area (Å²) in [5.41, 5.74) is 0.776. The normalized spacial score (nSPS) is 20.1. The number of Topliss-reactive ketones (excluding diaryl/α,β-unsaturated/α-hetero) is 1. The number of aliphatic hydroxyl groups is 1. The van der Waals surface area contributed by atoms with Crippen LogP contribution < -0.4 is 4.74 Å². The number of aliphatic hydroxyl groups excluding tert-OH is 1. The Hall–Kier alpha value is -3.21. The lowest BCUT2D eigenvalue weighted by Gasteiger charge is -2.26. The summed E-state index contributed by atoms with van der Waals surface area (Å²) >= 11 is 0. The molecule has 2 heterocycles. The lowest BCUT2D eigenvalue weighted by Crippen LogP contribution is -2.35. The topological polar surface area (TPSA) is 107 Å². The van der Waals surface area contributed by atoms with Crippen LogP contribution in [0.4, 0.5) is 0 Å². The molecule has 0 saturated carbocycles. The van der Waals surface area contributed by atoms with Crippen LogP contribution in [0, 0.1) is 0 Å². The van der Waals surface area contributed by atoms with Crippen molar-refractivity contribution >= 4 is 27.5 Å². The summed E-state index contributed by atoms with van der Waals surface area (Å²) in [7, 11) is 0.113. The highest BCUT2D eigenvalue weighted by Crippen LogP contribution is 2.40. The number of amides is 1. The van der Waals surface area contributed by atoms with Crippen LogP contribution in [0.25, 0.3) is 5.76 Å². The maximum Gasteiger partial charge on any atom is 0.295 e. The molecular weight excluding hydrogens is 518 g/mol. The van der Waals surface area contributed by atoms with Crippen molar-refractivity contribution < 1.29 is 27.9 Å². The molecule has 1 amide bonds. The third-order valence-electron chi connectivity index (χ3n) is 7.11. The zero-order valence-electron chi connectivity index (χ0n) is 22.8. The number of ether oxygens (including phenoxy) is 1. The zero-order chi connectivity index (χ0) is 28.2. The lowest BCUT2D eigenvalue weighted by molar-refractivity contribution is -0.139. The third kappa shape index (κ3) is 6.18. The summed E-state index contributed by atoms with van der Waals surface area (Å²) in [4.78, 5) is 30.1. The molecule has 2 saturated heterocycles. The Labute approximate surface area is 230 Å². The summed E-state index contributed by atoms with van der Waals surface area (Å²) in [6.45, 7) is 4.32. The molecule has 210 valence electrons. The number of piperidine rings is 1. The van der Waals surface area contributed by atoms with Gasteiger partial charge in [-0.25, -0.2) is 8.42 Å². The maximum atomic E-state index is 13.3. The number of hydrogen-bond acceptors (Lipinski definition) is 7. The minimum Gasteiger partial charge on any atom is -0.507 e. The fourth-order valence-electron chi connectivity index (χ4n) is 5.14. The van der Waals surface area contributed by atoms with E-state index < -0.39 is 33.5 Å². The fourth-order valence-corrected chi connectivity index (χ4v) is 6.70.